The summed E-state index contributed by atoms with van der Waals surface area (Å²) in [5, 5.41) is 2.77. The summed E-state index contributed by atoms with van der Waals surface area (Å²) in [6, 6.07) is 7.87. The summed E-state index contributed by atoms with van der Waals surface area (Å²) >= 11 is 0. The second-order valence-electron chi connectivity index (χ2n) is 6.27. The predicted octanol–water partition coefficient (Wildman–Crippen LogP) is 1.88. The zero-order valence-corrected chi connectivity index (χ0v) is 16.0. The first-order chi connectivity index (χ1) is 11.8. The maximum absolute atomic E-state index is 12.2. The van der Waals surface area contributed by atoms with Crippen molar-refractivity contribution >= 4 is 16.7 Å². The van der Waals surface area contributed by atoms with E-state index in [0.717, 1.165) is 17.7 Å². The molecule has 2 aromatic rings. The molecule has 0 spiro atoms. The SMILES string of the molecule is Cc1cccc(-c2nc(C[S@](=O)CC(=O)NCCN(C)C)c(C)o2)c1. The summed E-state index contributed by atoms with van der Waals surface area (Å²) in [5.74, 6) is 1.13. The lowest BCUT2D eigenvalue weighted by molar-refractivity contribution is -0.118. The van der Waals surface area contributed by atoms with Crippen LogP contribution in [0.25, 0.3) is 11.5 Å². The Morgan fingerprint density at radius 2 is 2.08 bits per heavy atom. The van der Waals surface area contributed by atoms with Gasteiger partial charge in [-0.3, -0.25) is 9.00 Å². The number of hydrogen-bond donors (Lipinski definition) is 1. The quantitative estimate of drug-likeness (QED) is 0.775. The Hall–Kier alpha value is -1.99. The zero-order chi connectivity index (χ0) is 18.4. The first-order valence-corrected chi connectivity index (χ1v) is 9.63. The molecule has 1 aromatic carbocycles. The Bertz CT molecular complexity index is 756. The van der Waals surface area contributed by atoms with Crippen LogP contribution in [0, 0.1) is 13.8 Å². The van der Waals surface area contributed by atoms with E-state index in [9.17, 15) is 9.00 Å². The van der Waals surface area contributed by atoms with Crippen LogP contribution < -0.4 is 5.32 Å². The fourth-order valence-corrected chi connectivity index (χ4v) is 3.35. The molecule has 0 aliphatic carbocycles. The van der Waals surface area contributed by atoms with E-state index in [1.807, 2.05) is 50.2 Å². The molecular weight excluding hydrogens is 338 g/mol. The lowest BCUT2D eigenvalue weighted by Gasteiger charge is -2.10. The van der Waals surface area contributed by atoms with Crippen molar-refractivity contribution in [2.24, 2.45) is 0 Å². The highest BCUT2D eigenvalue weighted by atomic mass is 32.2. The van der Waals surface area contributed by atoms with E-state index in [0.29, 0.717) is 23.9 Å². The molecule has 0 radical (unpaired) electrons. The van der Waals surface area contributed by atoms with Crippen LogP contribution in [-0.2, 0) is 21.3 Å². The van der Waals surface area contributed by atoms with Gasteiger partial charge in [0.15, 0.2) is 0 Å². The fraction of sp³-hybridized carbons (Fsp3) is 0.444. The molecule has 0 fully saturated rings. The first-order valence-electron chi connectivity index (χ1n) is 8.15. The minimum Gasteiger partial charge on any atom is -0.441 e. The van der Waals surface area contributed by atoms with E-state index in [4.69, 9.17) is 4.42 Å². The van der Waals surface area contributed by atoms with Gasteiger partial charge in [-0.15, -0.1) is 0 Å². The van der Waals surface area contributed by atoms with Gasteiger partial charge in [0.2, 0.25) is 11.8 Å². The van der Waals surface area contributed by atoms with Crippen molar-refractivity contribution in [1.82, 2.24) is 15.2 Å². The number of aryl methyl sites for hydroxylation is 2. The number of oxazole rings is 1. The molecule has 0 saturated heterocycles. The van der Waals surface area contributed by atoms with Crippen LogP contribution in [-0.4, -0.2) is 52.9 Å². The fourth-order valence-electron chi connectivity index (χ4n) is 2.28. The topological polar surface area (TPSA) is 75.4 Å². The molecule has 1 N–H and O–H groups in total. The summed E-state index contributed by atoms with van der Waals surface area (Å²) in [5.41, 5.74) is 2.64. The van der Waals surface area contributed by atoms with Gasteiger partial charge < -0.3 is 14.6 Å². The van der Waals surface area contributed by atoms with Gasteiger partial charge in [-0.05, 0) is 40.1 Å². The predicted molar refractivity (Wildman–Crippen MR) is 99.7 cm³/mol. The number of benzene rings is 1. The summed E-state index contributed by atoms with van der Waals surface area (Å²) in [4.78, 5) is 18.2. The van der Waals surface area contributed by atoms with Crippen LogP contribution >= 0.6 is 0 Å². The number of carbonyl (C=O) groups is 1. The number of nitrogens with zero attached hydrogens (tertiary/aromatic N) is 2. The Kier molecular flexibility index (Phi) is 6.90. The molecule has 1 amide bonds. The highest BCUT2D eigenvalue weighted by Crippen LogP contribution is 2.23. The molecule has 1 heterocycles. The van der Waals surface area contributed by atoms with E-state index in [-0.39, 0.29) is 17.4 Å². The molecule has 6 nitrogen and oxygen atoms in total. The largest absolute Gasteiger partial charge is 0.441 e. The number of rotatable bonds is 8. The molecule has 0 aliphatic rings. The summed E-state index contributed by atoms with van der Waals surface area (Å²) in [6.07, 6.45) is 0. The molecule has 2 rings (SSSR count). The highest BCUT2D eigenvalue weighted by molar-refractivity contribution is 7.84. The zero-order valence-electron chi connectivity index (χ0n) is 15.2. The van der Waals surface area contributed by atoms with Crippen LogP contribution in [0.15, 0.2) is 28.7 Å². The highest BCUT2D eigenvalue weighted by Gasteiger charge is 2.16. The second kappa shape index (κ2) is 8.92. The number of hydrogen-bond acceptors (Lipinski definition) is 5. The normalized spacial score (nSPS) is 12.4. The molecule has 0 bridgehead atoms. The molecule has 1 atom stereocenters. The molecule has 0 aliphatic heterocycles. The van der Waals surface area contributed by atoms with Crippen molar-refractivity contribution in [1.29, 1.82) is 0 Å². The Morgan fingerprint density at radius 3 is 2.76 bits per heavy atom. The van der Waals surface area contributed by atoms with Crippen molar-refractivity contribution in [3.05, 3.63) is 41.3 Å². The standard InChI is InChI=1S/C18H25N3O3S/c1-13-6-5-7-15(10-13)18-20-16(14(2)24-18)11-25(23)12-17(22)19-8-9-21(3)4/h5-7,10H,8-9,11-12H2,1-4H3,(H,19,22)/t25-/m0/s1. The van der Waals surface area contributed by atoms with Crippen molar-refractivity contribution in [2.45, 2.75) is 19.6 Å². The van der Waals surface area contributed by atoms with Gasteiger partial charge >= 0.3 is 0 Å². The molecule has 0 saturated carbocycles. The third-order valence-electron chi connectivity index (χ3n) is 3.63. The van der Waals surface area contributed by atoms with Crippen LogP contribution in [0.1, 0.15) is 17.0 Å². The minimum absolute atomic E-state index is 0.0283. The molecule has 0 unspecified atom stereocenters. The molecule has 136 valence electrons. The number of likely N-dealkylation sites (N-methyl/N-ethyl adjacent to an activating group) is 1. The molecule has 1 aromatic heterocycles. The Balaban J connectivity index is 1.94. The first kappa shape index (κ1) is 19.3. The van der Waals surface area contributed by atoms with Gasteiger partial charge in [0, 0.05) is 29.5 Å². The van der Waals surface area contributed by atoms with Gasteiger partial charge in [0.1, 0.15) is 11.5 Å². The van der Waals surface area contributed by atoms with Crippen LogP contribution in [0.4, 0.5) is 0 Å². The molecule has 25 heavy (non-hydrogen) atoms. The van der Waals surface area contributed by atoms with E-state index >= 15 is 0 Å². The van der Waals surface area contributed by atoms with Gasteiger partial charge in [0.05, 0.1) is 11.4 Å². The number of aromatic nitrogens is 1. The van der Waals surface area contributed by atoms with Crippen molar-refractivity contribution in [2.75, 3.05) is 32.9 Å². The summed E-state index contributed by atoms with van der Waals surface area (Å²) in [6.45, 7) is 5.10. The van der Waals surface area contributed by atoms with Crippen LogP contribution in [0.2, 0.25) is 0 Å². The Labute approximate surface area is 151 Å². The molecular formula is C18H25N3O3S. The smallest absolute Gasteiger partial charge is 0.232 e. The third-order valence-corrected chi connectivity index (χ3v) is 4.81. The number of amides is 1. The average Bonchev–Trinajstić information content (AvgIpc) is 2.87. The maximum Gasteiger partial charge on any atom is 0.232 e. The monoisotopic (exact) mass is 363 g/mol. The lowest BCUT2D eigenvalue weighted by Crippen LogP contribution is -2.34. The van der Waals surface area contributed by atoms with Gasteiger partial charge in [-0.1, -0.05) is 17.7 Å². The average molecular weight is 363 g/mol. The van der Waals surface area contributed by atoms with Crippen molar-refractivity contribution in [3.8, 4) is 11.5 Å². The van der Waals surface area contributed by atoms with Gasteiger partial charge in [-0.2, -0.15) is 0 Å². The lowest BCUT2D eigenvalue weighted by atomic mass is 10.1. The van der Waals surface area contributed by atoms with Crippen molar-refractivity contribution < 1.29 is 13.4 Å². The van der Waals surface area contributed by atoms with E-state index in [1.165, 1.54) is 0 Å². The Morgan fingerprint density at radius 1 is 1.32 bits per heavy atom. The number of carbonyl (C=O) groups excluding carboxylic acids is 1. The second-order valence-corrected chi connectivity index (χ2v) is 7.73. The maximum atomic E-state index is 12.2. The van der Waals surface area contributed by atoms with Gasteiger partial charge in [-0.25, -0.2) is 4.98 Å². The van der Waals surface area contributed by atoms with Crippen molar-refractivity contribution in [3.63, 3.8) is 0 Å². The van der Waals surface area contributed by atoms with Crippen LogP contribution in [0.5, 0.6) is 0 Å². The van der Waals surface area contributed by atoms with E-state index in [2.05, 4.69) is 10.3 Å². The summed E-state index contributed by atoms with van der Waals surface area (Å²) < 4.78 is 17.9. The molecule has 7 heteroatoms. The van der Waals surface area contributed by atoms with Gasteiger partial charge in [0.25, 0.3) is 0 Å². The number of nitrogens with one attached hydrogen (secondary N) is 1. The van der Waals surface area contributed by atoms with E-state index < -0.39 is 10.8 Å². The third kappa shape index (κ3) is 6.10. The summed E-state index contributed by atoms with van der Waals surface area (Å²) in [7, 11) is 2.55. The minimum atomic E-state index is -1.32. The van der Waals surface area contributed by atoms with E-state index in [1.54, 1.807) is 6.92 Å². The van der Waals surface area contributed by atoms with Crippen LogP contribution in [0.3, 0.4) is 0 Å².